The minimum absolute atomic E-state index is 0.317. The molecular formula is C13H20N2O2. The highest BCUT2D eigenvalue weighted by Crippen LogP contribution is 2.33. The van der Waals surface area contributed by atoms with Crippen molar-refractivity contribution in [1.29, 1.82) is 0 Å². The van der Waals surface area contributed by atoms with Gasteiger partial charge in [-0.25, -0.2) is 4.79 Å². The summed E-state index contributed by atoms with van der Waals surface area (Å²) in [4.78, 5) is 14.3. The predicted molar refractivity (Wildman–Crippen MR) is 65.8 cm³/mol. The summed E-state index contributed by atoms with van der Waals surface area (Å²) in [5.74, 6) is 0.619. The smallest absolute Gasteiger partial charge is 0.354 e. The maximum Gasteiger partial charge on any atom is 0.354 e. The van der Waals surface area contributed by atoms with Gasteiger partial charge in [-0.3, -0.25) is 0 Å². The molecule has 2 rings (SSSR count). The molecular weight excluding hydrogens is 216 g/mol. The van der Waals surface area contributed by atoms with Gasteiger partial charge in [-0.2, -0.15) is 0 Å². The molecule has 0 saturated heterocycles. The van der Waals surface area contributed by atoms with Crippen LogP contribution in [-0.4, -0.2) is 24.1 Å². The third-order valence-electron chi connectivity index (χ3n) is 3.18. The summed E-state index contributed by atoms with van der Waals surface area (Å²) < 4.78 is 4.65. The zero-order valence-electron chi connectivity index (χ0n) is 10.5. The second-order valence-electron chi connectivity index (χ2n) is 4.85. The lowest BCUT2D eigenvalue weighted by Crippen LogP contribution is -2.26. The number of carbonyl (C=O) groups is 1. The highest BCUT2D eigenvalue weighted by molar-refractivity contribution is 5.87. The Kier molecular flexibility index (Phi) is 3.84. The lowest BCUT2D eigenvalue weighted by atomic mass is 10.1. The van der Waals surface area contributed by atoms with Crippen LogP contribution in [0, 0.1) is 5.92 Å². The van der Waals surface area contributed by atoms with Crippen LogP contribution in [-0.2, 0) is 11.3 Å². The number of rotatable bonds is 6. The third kappa shape index (κ3) is 3.60. The van der Waals surface area contributed by atoms with Crippen molar-refractivity contribution in [3.8, 4) is 0 Å². The Labute approximate surface area is 102 Å². The lowest BCUT2D eigenvalue weighted by molar-refractivity contribution is 0.0594. The molecule has 2 N–H and O–H groups in total. The van der Waals surface area contributed by atoms with Crippen molar-refractivity contribution in [2.75, 3.05) is 7.11 Å². The molecule has 0 radical (unpaired) electrons. The van der Waals surface area contributed by atoms with Crippen molar-refractivity contribution in [2.45, 2.75) is 38.8 Å². The molecule has 1 heterocycles. The standard InChI is InChI=1S/C13H20N2O2/c1-9(7-10-3-4-10)14-8-11-5-6-12(15-11)13(16)17-2/h5-6,9-10,14-15H,3-4,7-8H2,1-2H3. The largest absolute Gasteiger partial charge is 0.464 e. The summed E-state index contributed by atoms with van der Waals surface area (Å²) in [5.41, 5.74) is 1.53. The van der Waals surface area contributed by atoms with Crippen LogP contribution in [0.4, 0.5) is 0 Å². The fourth-order valence-corrected chi connectivity index (χ4v) is 1.99. The molecule has 1 aliphatic carbocycles. The fourth-order valence-electron chi connectivity index (χ4n) is 1.99. The van der Waals surface area contributed by atoms with Crippen molar-refractivity contribution >= 4 is 5.97 Å². The van der Waals surface area contributed by atoms with Gasteiger partial charge in [0.05, 0.1) is 7.11 Å². The third-order valence-corrected chi connectivity index (χ3v) is 3.18. The van der Waals surface area contributed by atoms with Gasteiger partial charge < -0.3 is 15.0 Å². The molecule has 1 aromatic heterocycles. The zero-order valence-corrected chi connectivity index (χ0v) is 10.5. The minimum atomic E-state index is -0.317. The first-order valence-electron chi connectivity index (χ1n) is 6.18. The van der Waals surface area contributed by atoms with E-state index in [2.05, 4.69) is 22.0 Å². The molecule has 94 valence electrons. The van der Waals surface area contributed by atoms with E-state index in [1.807, 2.05) is 6.07 Å². The summed E-state index contributed by atoms with van der Waals surface area (Å²) in [5, 5.41) is 3.46. The summed E-state index contributed by atoms with van der Waals surface area (Å²) in [7, 11) is 1.39. The molecule has 1 atom stereocenters. The Morgan fingerprint density at radius 3 is 3.00 bits per heavy atom. The van der Waals surface area contributed by atoms with Gasteiger partial charge in [0.2, 0.25) is 0 Å². The molecule has 4 heteroatoms. The molecule has 1 fully saturated rings. The van der Waals surface area contributed by atoms with E-state index in [9.17, 15) is 4.79 Å². The second kappa shape index (κ2) is 5.36. The molecule has 0 amide bonds. The van der Waals surface area contributed by atoms with E-state index < -0.39 is 0 Å². The molecule has 1 unspecified atom stereocenters. The van der Waals surface area contributed by atoms with E-state index in [1.54, 1.807) is 6.07 Å². The summed E-state index contributed by atoms with van der Waals surface area (Å²) in [6.07, 6.45) is 4.03. The fraction of sp³-hybridized carbons (Fsp3) is 0.615. The van der Waals surface area contributed by atoms with E-state index in [0.717, 1.165) is 18.2 Å². The lowest BCUT2D eigenvalue weighted by Gasteiger charge is -2.12. The second-order valence-corrected chi connectivity index (χ2v) is 4.85. The van der Waals surface area contributed by atoms with Gasteiger partial charge in [-0.05, 0) is 31.4 Å². The van der Waals surface area contributed by atoms with E-state index in [1.165, 1.54) is 26.4 Å². The van der Waals surface area contributed by atoms with Gasteiger partial charge in [0.1, 0.15) is 5.69 Å². The van der Waals surface area contributed by atoms with Crippen LogP contribution in [0.25, 0.3) is 0 Å². The molecule has 0 bridgehead atoms. The van der Waals surface area contributed by atoms with Crippen LogP contribution in [0.2, 0.25) is 0 Å². The van der Waals surface area contributed by atoms with E-state index in [-0.39, 0.29) is 5.97 Å². The molecule has 0 aliphatic heterocycles. The van der Waals surface area contributed by atoms with E-state index in [0.29, 0.717) is 11.7 Å². The Hall–Kier alpha value is -1.29. The topological polar surface area (TPSA) is 54.1 Å². The number of ether oxygens (including phenoxy) is 1. The highest BCUT2D eigenvalue weighted by Gasteiger charge is 2.23. The number of H-pyrrole nitrogens is 1. The maximum absolute atomic E-state index is 11.2. The summed E-state index contributed by atoms with van der Waals surface area (Å²) in [6, 6.07) is 4.21. The first kappa shape index (κ1) is 12.2. The zero-order chi connectivity index (χ0) is 12.3. The van der Waals surface area contributed by atoms with Crippen molar-refractivity contribution in [2.24, 2.45) is 5.92 Å². The number of nitrogens with one attached hydrogen (secondary N) is 2. The molecule has 0 spiro atoms. The summed E-state index contributed by atoms with van der Waals surface area (Å²) >= 11 is 0. The van der Waals surface area contributed by atoms with Gasteiger partial charge in [-0.15, -0.1) is 0 Å². The number of esters is 1. The molecule has 1 aliphatic rings. The minimum Gasteiger partial charge on any atom is -0.464 e. The summed E-state index contributed by atoms with van der Waals surface area (Å²) in [6.45, 7) is 2.98. The number of carbonyl (C=O) groups excluding carboxylic acids is 1. The Morgan fingerprint density at radius 2 is 2.35 bits per heavy atom. The van der Waals surface area contributed by atoms with Crippen LogP contribution in [0.3, 0.4) is 0 Å². The predicted octanol–water partition coefficient (Wildman–Crippen LogP) is 2.08. The van der Waals surface area contributed by atoms with Crippen molar-refractivity contribution < 1.29 is 9.53 Å². The quantitative estimate of drug-likeness (QED) is 0.743. The number of aromatic nitrogens is 1. The average Bonchev–Trinajstić information content (AvgIpc) is 3.00. The van der Waals surface area contributed by atoms with Crippen molar-refractivity contribution in [3.63, 3.8) is 0 Å². The van der Waals surface area contributed by atoms with Crippen LogP contribution < -0.4 is 5.32 Å². The Balaban J connectivity index is 1.77. The van der Waals surface area contributed by atoms with Crippen LogP contribution in [0.5, 0.6) is 0 Å². The SMILES string of the molecule is COC(=O)c1ccc(CNC(C)CC2CC2)[nH]1. The van der Waals surface area contributed by atoms with Crippen LogP contribution in [0.15, 0.2) is 12.1 Å². The van der Waals surface area contributed by atoms with Gasteiger partial charge >= 0.3 is 5.97 Å². The monoisotopic (exact) mass is 236 g/mol. The molecule has 1 saturated carbocycles. The first-order valence-corrected chi connectivity index (χ1v) is 6.18. The van der Waals surface area contributed by atoms with Crippen LogP contribution in [0.1, 0.15) is 42.4 Å². The number of aromatic amines is 1. The van der Waals surface area contributed by atoms with E-state index >= 15 is 0 Å². The Bertz CT molecular complexity index is 383. The van der Waals surface area contributed by atoms with Gasteiger partial charge in [0, 0.05) is 18.3 Å². The number of hydrogen-bond acceptors (Lipinski definition) is 3. The highest BCUT2D eigenvalue weighted by atomic mass is 16.5. The molecule has 1 aromatic rings. The van der Waals surface area contributed by atoms with Crippen LogP contribution >= 0.6 is 0 Å². The van der Waals surface area contributed by atoms with Gasteiger partial charge in [0.25, 0.3) is 0 Å². The Morgan fingerprint density at radius 1 is 1.59 bits per heavy atom. The molecule has 4 nitrogen and oxygen atoms in total. The molecule has 17 heavy (non-hydrogen) atoms. The average molecular weight is 236 g/mol. The van der Waals surface area contributed by atoms with Crippen molar-refractivity contribution in [3.05, 3.63) is 23.5 Å². The van der Waals surface area contributed by atoms with E-state index in [4.69, 9.17) is 0 Å². The van der Waals surface area contributed by atoms with Gasteiger partial charge in [-0.1, -0.05) is 12.8 Å². The van der Waals surface area contributed by atoms with Gasteiger partial charge in [0.15, 0.2) is 0 Å². The van der Waals surface area contributed by atoms with Crippen molar-refractivity contribution in [1.82, 2.24) is 10.3 Å². The number of hydrogen-bond donors (Lipinski definition) is 2. The number of methoxy groups -OCH3 is 1. The first-order chi connectivity index (χ1) is 8.19. The molecule has 0 aromatic carbocycles. The normalized spacial score (nSPS) is 16.8. The maximum atomic E-state index is 11.2.